The van der Waals surface area contributed by atoms with E-state index in [1.807, 2.05) is 6.92 Å². The van der Waals surface area contributed by atoms with Crippen LogP contribution in [0.15, 0.2) is 10.6 Å². The van der Waals surface area contributed by atoms with Crippen LogP contribution < -0.4 is 0 Å². The molecular formula is C6H7ClO2. The fourth-order valence-corrected chi connectivity index (χ4v) is 0.793. The van der Waals surface area contributed by atoms with Crippen LogP contribution in [0.5, 0.6) is 0 Å². The van der Waals surface area contributed by atoms with Crippen LogP contribution in [-0.2, 0) is 9.53 Å². The van der Waals surface area contributed by atoms with Crippen molar-refractivity contribution in [1.82, 2.24) is 0 Å². The number of halogens is 1. The van der Waals surface area contributed by atoms with E-state index in [1.165, 1.54) is 0 Å². The van der Waals surface area contributed by atoms with Crippen LogP contribution >= 0.6 is 11.6 Å². The summed E-state index contributed by atoms with van der Waals surface area (Å²) in [4.78, 5) is 10.6. The molecule has 0 aliphatic carbocycles. The Morgan fingerprint density at radius 2 is 2.33 bits per heavy atom. The first kappa shape index (κ1) is 6.62. The number of ether oxygens (including phenoxy) is 1. The Morgan fingerprint density at radius 1 is 1.67 bits per heavy atom. The van der Waals surface area contributed by atoms with Gasteiger partial charge in [0.1, 0.15) is 5.03 Å². The highest BCUT2D eigenvalue weighted by molar-refractivity contribution is 6.41. The van der Waals surface area contributed by atoms with E-state index < -0.39 is 0 Å². The third kappa shape index (κ3) is 1.24. The standard InChI is InChI=1S/C6H7ClO2/c1-4-2-3-9-6(8)5(4)7/h2-3H2,1H3. The molecular weight excluding hydrogens is 140 g/mol. The maximum absolute atomic E-state index is 10.6. The van der Waals surface area contributed by atoms with Crippen LogP contribution in [0.2, 0.25) is 0 Å². The molecule has 0 atom stereocenters. The minimum atomic E-state index is -0.389. The van der Waals surface area contributed by atoms with Crippen molar-refractivity contribution in [3.05, 3.63) is 10.6 Å². The zero-order valence-corrected chi connectivity index (χ0v) is 5.86. The third-order valence-electron chi connectivity index (χ3n) is 1.26. The van der Waals surface area contributed by atoms with Crippen molar-refractivity contribution < 1.29 is 9.53 Å². The maximum Gasteiger partial charge on any atom is 0.349 e. The molecule has 1 aliphatic heterocycles. The smallest absolute Gasteiger partial charge is 0.349 e. The topological polar surface area (TPSA) is 26.3 Å². The van der Waals surface area contributed by atoms with Gasteiger partial charge >= 0.3 is 5.97 Å². The number of hydrogen-bond acceptors (Lipinski definition) is 2. The van der Waals surface area contributed by atoms with Gasteiger partial charge < -0.3 is 4.74 Å². The van der Waals surface area contributed by atoms with Crippen molar-refractivity contribution in [2.75, 3.05) is 6.61 Å². The van der Waals surface area contributed by atoms with E-state index in [0.29, 0.717) is 6.61 Å². The first-order valence-electron chi connectivity index (χ1n) is 2.74. The fraction of sp³-hybridized carbons (Fsp3) is 0.500. The van der Waals surface area contributed by atoms with Crippen LogP contribution in [0.4, 0.5) is 0 Å². The molecule has 0 saturated carbocycles. The highest BCUT2D eigenvalue weighted by atomic mass is 35.5. The molecule has 0 aromatic heterocycles. The first-order chi connectivity index (χ1) is 4.22. The normalized spacial score (nSPS) is 20.0. The van der Waals surface area contributed by atoms with E-state index in [4.69, 9.17) is 11.6 Å². The molecule has 0 bridgehead atoms. The second kappa shape index (κ2) is 2.40. The molecule has 3 heteroatoms. The van der Waals surface area contributed by atoms with Gasteiger partial charge in [0.15, 0.2) is 0 Å². The third-order valence-corrected chi connectivity index (χ3v) is 1.74. The van der Waals surface area contributed by atoms with Crippen LogP contribution in [0.1, 0.15) is 13.3 Å². The van der Waals surface area contributed by atoms with Gasteiger partial charge in [-0.15, -0.1) is 0 Å². The molecule has 0 aromatic rings. The zero-order valence-electron chi connectivity index (χ0n) is 5.11. The Bertz CT molecular complexity index is 172. The van der Waals surface area contributed by atoms with Gasteiger partial charge in [0.05, 0.1) is 6.61 Å². The Kier molecular flexibility index (Phi) is 1.76. The molecule has 0 N–H and O–H groups in total. The number of cyclic esters (lactones) is 1. The van der Waals surface area contributed by atoms with E-state index in [-0.39, 0.29) is 11.0 Å². The summed E-state index contributed by atoms with van der Waals surface area (Å²) in [6, 6.07) is 0. The highest BCUT2D eigenvalue weighted by Gasteiger charge is 2.16. The number of carbonyl (C=O) groups excluding carboxylic acids is 1. The molecule has 0 amide bonds. The van der Waals surface area contributed by atoms with Crippen molar-refractivity contribution in [3.63, 3.8) is 0 Å². The average Bonchev–Trinajstić information content (AvgIpc) is 1.83. The SMILES string of the molecule is CC1=C(Cl)C(=O)OCC1. The predicted molar refractivity (Wildman–Crippen MR) is 34.1 cm³/mol. The molecule has 1 aliphatic rings. The Morgan fingerprint density at radius 3 is 2.78 bits per heavy atom. The monoisotopic (exact) mass is 146 g/mol. The number of rotatable bonds is 0. The van der Waals surface area contributed by atoms with Gasteiger partial charge in [-0.1, -0.05) is 11.6 Å². The summed E-state index contributed by atoms with van der Waals surface area (Å²) in [6.07, 6.45) is 0.768. The molecule has 0 radical (unpaired) electrons. The molecule has 50 valence electrons. The van der Waals surface area contributed by atoms with Gasteiger partial charge in [-0.2, -0.15) is 0 Å². The van der Waals surface area contributed by atoms with Crippen LogP contribution in [0.3, 0.4) is 0 Å². The maximum atomic E-state index is 10.6. The lowest BCUT2D eigenvalue weighted by Crippen LogP contribution is -2.13. The van der Waals surface area contributed by atoms with Gasteiger partial charge in [0.2, 0.25) is 0 Å². The summed E-state index contributed by atoms with van der Waals surface area (Å²) in [5.41, 5.74) is 0.924. The van der Waals surface area contributed by atoms with Crippen molar-refractivity contribution in [3.8, 4) is 0 Å². The van der Waals surface area contributed by atoms with Crippen LogP contribution in [0.25, 0.3) is 0 Å². The summed E-state index contributed by atoms with van der Waals surface area (Å²) in [7, 11) is 0. The van der Waals surface area contributed by atoms with Gasteiger partial charge in [-0.3, -0.25) is 0 Å². The Hall–Kier alpha value is -0.500. The van der Waals surface area contributed by atoms with Gasteiger partial charge in [0, 0.05) is 6.42 Å². The quantitative estimate of drug-likeness (QED) is 0.484. The van der Waals surface area contributed by atoms with Crippen molar-refractivity contribution in [2.24, 2.45) is 0 Å². The lowest BCUT2D eigenvalue weighted by molar-refractivity contribution is -0.139. The lowest BCUT2D eigenvalue weighted by atomic mass is 10.2. The summed E-state index contributed by atoms with van der Waals surface area (Å²) < 4.78 is 4.63. The fourth-order valence-electron chi connectivity index (χ4n) is 0.644. The lowest BCUT2D eigenvalue weighted by Gasteiger charge is -2.11. The van der Waals surface area contributed by atoms with Crippen LogP contribution in [-0.4, -0.2) is 12.6 Å². The molecule has 0 aromatic carbocycles. The molecule has 0 saturated heterocycles. The molecule has 1 heterocycles. The average molecular weight is 147 g/mol. The second-order valence-electron chi connectivity index (χ2n) is 1.98. The van der Waals surface area contributed by atoms with Gasteiger partial charge in [-0.25, -0.2) is 4.79 Å². The van der Waals surface area contributed by atoms with Crippen LogP contribution in [0, 0.1) is 0 Å². The molecule has 0 fully saturated rings. The first-order valence-corrected chi connectivity index (χ1v) is 3.12. The summed E-state index contributed by atoms with van der Waals surface area (Å²) in [5.74, 6) is -0.389. The highest BCUT2D eigenvalue weighted by Crippen LogP contribution is 2.18. The summed E-state index contributed by atoms with van der Waals surface area (Å²) in [5, 5.41) is 0.251. The molecule has 0 spiro atoms. The van der Waals surface area contributed by atoms with Gasteiger partial charge in [0.25, 0.3) is 0 Å². The van der Waals surface area contributed by atoms with E-state index in [9.17, 15) is 4.79 Å². The van der Waals surface area contributed by atoms with Crippen molar-refractivity contribution in [1.29, 1.82) is 0 Å². The molecule has 9 heavy (non-hydrogen) atoms. The number of carbonyl (C=O) groups is 1. The van der Waals surface area contributed by atoms with E-state index in [1.54, 1.807) is 0 Å². The van der Waals surface area contributed by atoms with E-state index in [2.05, 4.69) is 4.74 Å². The predicted octanol–water partition coefficient (Wildman–Crippen LogP) is 1.45. The number of hydrogen-bond donors (Lipinski definition) is 0. The second-order valence-corrected chi connectivity index (χ2v) is 2.36. The minimum Gasteiger partial charge on any atom is -0.461 e. The Labute approximate surface area is 58.4 Å². The zero-order chi connectivity index (χ0) is 6.85. The Balaban J connectivity index is 2.84. The molecule has 2 nitrogen and oxygen atoms in total. The van der Waals surface area contributed by atoms with Gasteiger partial charge in [-0.05, 0) is 12.5 Å². The molecule has 1 rings (SSSR count). The number of esters is 1. The minimum absolute atomic E-state index is 0.251. The summed E-state index contributed by atoms with van der Waals surface area (Å²) in [6.45, 7) is 2.31. The van der Waals surface area contributed by atoms with Crippen molar-refractivity contribution in [2.45, 2.75) is 13.3 Å². The summed E-state index contributed by atoms with van der Waals surface area (Å²) >= 11 is 5.52. The largest absolute Gasteiger partial charge is 0.461 e. The van der Waals surface area contributed by atoms with E-state index >= 15 is 0 Å². The van der Waals surface area contributed by atoms with Crippen molar-refractivity contribution >= 4 is 17.6 Å². The molecule has 0 unspecified atom stereocenters. The van der Waals surface area contributed by atoms with E-state index in [0.717, 1.165) is 12.0 Å².